The number of rotatable bonds is 3. The molecule has 7 nitrogen and oxygen atoms in total. The van der Waals surface area contributed by atoms with Crippen molar-refractivity contribution in [2.45, 2.75) is 12.5 Å². The minimum Gasteiger partial charge on any atom is -0.489 e. The van der Waals surface area contributed by atoms with Crippen molar-refractivity contribution in [1.82, 2.24) is 4.90 Å². The van der Waals surface area contributed by atoms with E-state index in [0.29, 0.717) is 30.8 Å². The van der Waals surface area contributed by atoms with Gasteiger partial charge in [-0.2, -0.15) is 0 Å². The summed E-state index contributed by atoms with van der Waals surface area (Å²) in [5, 5.41) is 20.3. The van der Waals surface area contributed by atoms with Crippen LogP contribution in [0.15, 0.2) is 29.4 Å². The first-order valence-corrected chi connectivity index (χ1v) is 5.82. The van der Waals surface area contributed by atoms with E-state index >= 15 is 0 Å². The van der Waals surface area contributed by atoms with E-state index in [1.54, 1.807) is 24.3 Å². The molecule has 1 aromatic rings. The van der Waals surface area contributed by atoms with Gasteiger partial charge in [0, 0.05) is 18.5 Å². The molecule has 1 heterocycles. The summed E-state index contributed by atoms with van der Waals surface area (Å²) in [6.45, 7) is 0.861. The Morgan fingerprint density at radius 3 is 2.63 bits per heavy atom. The molecular formula is C12H15N3O4. The Morgan fingerprint density at radius 2 is 2.11 bits per heavy atom. The van der Waals surface area contributed by atoms with E-state index in [0.717, 1.165) is 0 Å². The minimum atomic E-state index is -0.923. The molecule has 102 valence electrons. The monoisotopic (exact) mass is 265 g/mol. The van der Waals surface area contributed by atoms with E-state index < -0.39 is 6.09 Å². The fourth-order valence-corrected chi connectivity index (χ4v) is 1.95. The van der Waals surface area contributed by atoms with Gasteiger partial charge in [-0.3, -0.25) is 0 Å². The lowest BCUT2D eigenvalue weighted by Gasteiger charge is -2.14. The van der Waals surface area contributed by atoms with E-state index in [2.05, 4.69) is 5.16 Å². The maximum Gasteiger partial charge on any atom is 0.407 e. The van der Waals surface area contributed by atoms with Gasteiger partial charge in [0.1, 0.15) is 11.9 Å². The van der Waals surface area contributed by atoms with Crippen molar-refractivity contribution in [2.75, 3.05) is 13.1 Å². The number of hydrogen-bond acceptors (Lipinski definition) is 4. The summed E-state index contributed by atoms with van der Waals surface area (Å²) in [5.74, 6) is 0.663. The van der Waals surface area contributed by atoms with Crippen LogP contribution in [0, 0.1) is 0 Å². The quantitative estimate of drug-likeness (QED) is 0.326. The second-order valence-corrected chi connectivity index (χ2v) is 4.27. The highest BCUT2D eigenvalue weighted by Crippen LogP contribution is 2.19. The molecule has 0 aliphatic carbocycles. The lowest BCUT2D eigenvalue weighted by atomic mass is 10.2. The molecule has 0 spiro atoms. The number of nitrogens with zero attached hydrogens (tertiary/aromatic N) is 2. The molecule has 1 atom stereocenters. The predicted molar refractivity (Wildman–Crippen MR) is 67.6 cm³/mol. The summed E-state index contributed by atoms with van der Waals surface area (Å²) < 4.78 is 5.68. The van der Waals surface area contributed by atoms with Gasteiger partial charge in [-0.1, -0.05) is 5.16 Å². The Labute approximate surface area is 109 Å². The van der Waals surface area contributed by atoms with Crippen molar-refractivity contribution in [3.63, 3.8) is 0 Å². The summed E-state index contributed by atoms with van der Waals surface area (Å²) >= 11 is 0. The Bertz CT molecular complexity index is 486. The van der Waals surface area contributed by atoms with Crippen molar-refractivity contribution >= 4 is 11.9 Å². The molecule has 1 saturated heterocycles. The largest absolute Gasteiger partial charge is 0.489 e. The Kier molecular flexibility index (Phi) is 3.74. The third kappa shape index (κ3) is 3.06. The predicted octanol–water partition coefficient (Wildman–Crippen LogP) is 0.912. The molecule has 1 aromatic carbocycles. The number of ether oxygens (including phenoxy) is 1. The third-order valence-corrected chi connectivity index (χ3v) is 2.98. The van der Waals surface area contributed by atoms with E-state index in [1.807, 2.05) is 0 Å². The molecule has 1 aliphatic heterocycles. The van der Waals surface area contributed by atoms with E-state index in [1.165, 1.54) is 4.90 Å². The number of nitrogens with two attached hydrogens (primary N) is 1. The van der Waals surface area contributed by atoms with Crippen LogP contribution in [0.25, 0.3) is 0 Å². The number of oxime groups is 1. The zero-order chi connectivity index (χ0) is 13.8. The normalized spacial score (nSPS) is 19.5. The van der Waals surface area contributed by atoms with Gasteiger partial charge in [0.15, 0.2) is 5.84 Å². The van der Waals surface area contributed by atoms with Crippen molar-refractivity contribution in [3.8, 4) is 5.75 Å². The molecule has 0 radical (unpaired) electrons. The van der Waals surface area contributed by atoms with Gasteiger partial charge >= 0.3 is 6.09 Å². The summed E-state index contributed by atoms with van der Waals surface area (Å²) in [4.78, 5) is 12.1. The van der Waals surface area contributed by atoms with Crippen LogP contribution in [0.1, 0.15) is 12.0 Å². The van der Waals surface area contributed by atoms with E-state index in [9.17, 15) is 4.79 Å². The lowest BCUT2D eigenvalue weighted by Crippen LogP contribution is -2.29. The molecule has 0 unspecified atom stereocenters. The molecule has 0 aromatic heterocycles. The highest BCUT2D eigenvalue weighted by molar-refractivity contribution is 5.97. The van der Waals surface area contributed by atoms with Gasteiger partial charge in [-0.25, -0.2) is 4.79 Å². The summed E-state index contributed by atoms with van der Waals surface area (Å²) in [5.41, 5.74) is 6.04. The SMILES string of the molecule is NC(=NO)c1ccc(O[C@H]2CCN(C(=O)O)C2)cc1. The number of hydrogen-bond donors (Lipinski definition) is 3. The number of benzene rings is 1. The highest BCUT2D eigenvalue weighted by atomic mass is 16.5. The maximum absolute atomic E-state index is 10.8. The molecule has 0 bridgehead atoms. The Hall–Kier alpha value is -2.44. The van der Waals surface area contributed by atoms with Crippen LogP contribution < -0.4 is 10.5 Å². The first kappa shape index (κ1) is 13.0. The fraction of sp³-hybridized carbons (Fsp3) is 0.333. The minimum absolute atomic E-state index is 0.0319. The Balaban J connectivity index is 1.95. The van der Waals surface area contributed by atoms with Gasteiger partial charge < -0.3 is 25.7 Å². The third-order valence-electron chi connectivity index (χ3n) is 2.98. The van der Waals surface area contributed by atoms with Crippen molar-refractivity contribution < 1.29 is 19.8 Å². The number of amidine groups is 1. The smallest absolute Gasteiger partial charge is 0.407 e. The van der Waals surface area contributed by atoms with Gasteiger partial charge in [0.05, 0.1) is 6.54 Å². The van der Waals surface area contributed by atoms with E-state index in [4.69, 9.17) is 20.8 Å². The molecule has 0 saturated carbocycles. The second-order valence-electron chi connectivity index (χ2n) is 4.27. The summed E-state index contributed by atoms with van der Waals surface area (Å²) in [6, 6.07) is 6.76. The zero-order valence-electron chi connectivity index (χ0n) is 10.2. The summed E-state index contributed by atoms with van der Waals surface area (Å²) in [7, 11) is 0. The van der Waals surface area contributed by atoms with Gasteiger partial charge in [0.25, 0.3) is 0 Å². The number of carboxylic acid groups (broad SMARTS) is 1. The van der Waals surface area contributed by atoms with Crippen LogP contribution >= 0.6 is 0 Å². The standard InChI is InChI=1S/C12H15N3O4/c13-11(14-18)8-1-3-9(4-2-8)19-10-5-6-15(7-10)12(16)17/h1-4,10,18H,5-7H2,(H2,13,14)(H,16,17)/t10-/m0/s1. The molecule has 19 heavy (non-hydrogen) atoms. The van der Waals surface area contributed by atoms with Crippen molar-refractivity contribution in [1.29, 1.82) is 0 Å². The van der Waals surface area contributed by atoms with Crippen LogP contribution in [0.2, 0.25) is 0 Å². The van der Waals surface area contributed by atoms with Crippen LogP contribution in [0.5, 0.6) is 5.75 Å². The highest BCUT2D eigenvalue weighted by Gasteiger charge is 2.27. The Morgan fingerprint density at radius 1 is 1.42 bits per heavy atom. The lowest BCUT2D eigenvalue weighted by molar-refractivity contribution is 0.145. The molecule has 4 N–H and O–H groups in total. The second kappa shape index (κ2) is 5.47. The van der Waals surface area contributed by atoms with Crippen molar-refractivity contribution in [3.05, 3.63) is 29.8 Å². The van der Waals surface area contributed by atoms with Gasteiger partial charge in [-0.05, 0) is 24.3 Å². The average molecular weight is 265 g/mol. The molecular weight excluding hydrogens is 250 g/mol. The van der Waals surface area contributed by atoms with Crippen LogP contribution in [-0.4, -0.2) is 46.3 Å². The topological polar surface area (TPSA) is 108 Å². The number of likely N-dealkylation sites (tertiary alicyclic amines) is 1. The zero-order valence-corrected chi connectivity index (χ0v) is 10.2. The van der Waals surface area contributed by atoms with Gasteiger partial charge in [-0.15, -0.1) is 0 Å². The molecule has 1 fully saturated rings. The van der Waals surface area contributed by atoms with Gasteiger partial charge in [0.2, 0.25) is 0 Å². The fourth-order valence-electron chi connectivity index (χ4n) is 1.95. The number of carbonyl (C=O) groups is 1. The number of amides is 1. The van der Waals surface area contributed by atoms with E-state index in [-0.39, 0.29) is 11.9 Å². The first-order valence-electron chi connectivity index (χ1n) is 5.82. The van der Waals surface area contributed by atoms with Crippen molar-refractivity contribution in [2.24, 2.45) is 10.9 Å². The van der Waals surface area contributed by atoms with Crippen LogP contribution in [-0.2, 0) is 0 Å². The molecule has 1 aliphatic rings. The van der Waals surface area contributed by atoms with Crippen LogP contribution in [0.4, 0.5) is 4.79 Å². The average Bonchev–Trinajstić information content (AvgIpc) is 2.87. The van der Waals surface area contributed by atoms with Crippen LogP contribution in [0.3, 0.4) is 0 Å². The molecule has 2 rings (SSSR count). The summed E-state index contributed by atoms with van der Waals surface area (Å²) in [6.07, 6.45) is -0.381. The molecule has 1 amide bonds. The maximum atomic E-state index is 10.8. The first-order chi connectivity index (χ1) is 9.10. The molecule has 7 heteroatoms.